The van der Waals surface area contributed by atoms with Gasteiger partial charge in [0, 0.05) is 6.07 Å². The van der Waals surface area contributed by atoms with Crippen molar-refractivity contribution in [3.63, 3.8) is 0 Å². The zero-order chi connectivity index (χ0) is 13.1. The van der Waals surface area contributed by atoms with Crippen LogP contribution in [0.5, 0.6) is 0 Å². The number of ether oxygens (including phenoxy) is 1. The van der Waals surface area contributed by atoms with Gasteiger partial charge < -0.3 is 4.74 Å². The van der Waals surface area contributed by atoms with Crippen LogP contribution in [0.15, 0.2) is 24.5 Å². The molecule has 0 fully saturated rings. The molecule has 0 aliphatic rings. The van der Waals surface area contributed by atoms with Crippen LogP contribution in [0.25, 0.3) is 0 Å². The Labute approximate surface area is 101 Å². The lowest BCUT2D eigenvalue weighted by Gasteiger charge is -2.01. The summed E-state index contributed by atoms with van der Waals surface area (Å²) in [4.78, 5) is 14.8. The summed E-state index contributed by atoms with van der Waals surface area (Å²) in [5, 5.41) is 3.82. The average molecular weight is 253 g/mol. The Morgan fingerprint density at radius 1 is 1.33 bits per heavy atom. The third kappa shape index (κ3) is 2.68. The molecule has 0 spiro atoms. The zero-order valence-electron chi connectivity index (χ0n) is 9.43. The highest BCUT2D eigenvalue weighted by atomic mass is 19.1. The van der Waals surface area contributed by atoms with E-state index in [0.717, 1.165) is 6.07 Å². The molecule has 5 nitrogen and oxygen atoms in total. The van der Waals surface area contributed by atoms with E-state index >= 15 is 0 Å². The van der Waals surface area contributed by atoms with Crippen molar-refractivity contribution in [1.29, 1.82) is 0 Å². The number of methoxy groups -OCH3 is 1. The minimum Gasteiger partial charge on any atom is -0.463 e. The Bertz CT molecular complexity index is 563. The number of aromatic nitrogens is 3. The largest absolute Gasteiger partial charge is 0.463 e. The van der Waals surface area contributed by atoms with Crippen LogP contribution in [0.2, 0.25) is 0 Å². The molecule has 2 rings (SSSR count). The number of benzene rings is 1. The lowest BCUT2D eigenvalue weighted by molar-refractivity contribution is 0.0586. The molecule has 0 saturated heterocycles. The Kier molecular flexibility index (Phi) is 3.31. The van der Waals surface area contributed by atoms with E-state index in [1.54, 1.807) is 0 Å². The number of hydrogen-bond donors (Lipinski definition) is 0. The van der Waals surface area contributed by atoms with Gasteiger partial charge in [0.1, 0.15) is 18.0 Å². The molecule has 2 aromatic rings. The fourth-order valence-corrected chi connectivity index (χ4v) is 1.44. The van der Waals surface area contributed by atoms with Gasteiger partial charge >= 0.3 is 5.97 Å². The lowest BCUT2D eigenvalue weighted by Crippen LogP contribution is -2.06. The molecule has 0 bridgehead atoms. The molecule has 0 aliphatic carbocycles. The fraction of sp³-hybridized carbons (Fsp3) is 0.182. The molecule has 0 radical (unpaired) electrons. The smallest absolute Gasteiger partial charge is 0.377 e. The van der Waals surface area contributed by atoms with Crippen LogP contribution in [0.1, 0.15) is 16.2 Å². The maximum Gasteiger partial charge on any atom is 0.377 e. The van der Waals surface area contributed by atoms with Gasteiger partial charge in [-0.2, -0.15) is 0 Å². The molecule has 0 unspecified atom stereocenters. The minimum absolute atomic E-state index is 0.102. The molecule has 1 aromatic carbocycles. The van der Waals surface area contributed by atoms with Crippen LogP contribution in [0.4, 0.5) is 8.78 Å². The van der Waals surface area contributed by atoms with Crippen LogP contribution >= 0.6 is 0 Å². The Morgan fingerprint density at radius 3 is 2.61 bits per heavy atom. The van der Waals surface area contributed by atoms with E-state index in [2.05, 4.69) is 14.8 Å². The number of halogens is 2. The summed E-state index contributed by atoms with van der Waals surface area (Å²) in [5.41, 5.74) is 0.383. The predicted molar refractivity (Wildman–Crippen MR) is 56.8 cm³/mol. The Morgan fingerprint density at radius 2 is 2.00 bits per heavy atom. The monoisotopic (exact) mass is 253 g/mol. The SMILES string of the molecule is COC(=O)c1ncn(Cc2cc(F)cc(F)c2)n1. The number of hydrogen-bond acceptors (Lipinski definition) is 4. The highest BCUT2D eigenvalue weighted by molar-refractivity contribution is 5.84. The van der Waals surface area contributed by atoms with Crippen LogP contribution < -0.4 is 0 Å². The summed E-state index contributed by atoms with van der Waals surface area (Å²) in [5.74, 6) is -2.11. The van der Waals surface area contributed by atoms with Crippen molar-refractivity contribution in [2.45, 2.75) is 6.54 Å². The molecule has 0 aliphatic heterocycles. The van der Waals surface area contributed by atoms with E-state index in [9.17, 15) is 13.6 Å². The average Bonchev–Trinajstić information content (AvgIpc) is 2.75. The van der Waals surface area contributed by atoms with Gasteiger partial charge in [-0.25, -0.2) is 23.2 Å². The highest BCUT2D eigenvalue weighted by Crippen LogP contribution is 2.09. The van der Waals surface area contributed by atoms with Crippen LogP contribution in [-0.2, 0) is 11.3 Å². The molecule has 0 saturated carbocycles. The molecule has 0 atom stereocenters. The molecule has 1 aromatic heterocycles. The molecular formula is C11H9F2N3O2. The third-order valence-corrected chi connectivity index (χ3v) is 2.17. The van der Waals surface area contributed by atoms with Crippen LogP contribution in [0.3, 0.4) is 0 Å². The first-order valence-electron chi connectivity index (χ1n) is 5.01. The van der Waals surface area contributed by atoms with Crippen molar-refractivity contribution < 1.29 is 18.3 Å². The molecule has 94 valence electrons. The number of nitrogens with zero attached hydrogens (tertiary/aromatic N) is 3. The molecule has 1 heterocycles. The van der Waals surface area contributed by atoms with Gasteiger partial charge in [0.05, 0.1) is 13.7 Å². The molecule has 0 N–H and O–H groups in total. The molecule has 7 heteroatoms. The maximum atomic E-state index is 13.0. The molecule has 0 amide bonds. The summed E-state index contributed by atoms with van der Waals surface area (Å²) in [6.45, 7) is 0.110. The van der Waals surface area contributed by atoms with Gasteiger partial charge in [0.2, 0.25) is 0 Å². The second-order valence-electron chi connectivity index (χ2n) is 3.54. The van der Waals surface area contributed by atoms with Gasteiger partial charge in [-0.3, -0.25) is 0 Å². The van der Waals surface area contributed by atoms with Crippen molar-refractivity contribution in [1.82, 2.24) is 14.8 Å². The van der Waals surface area contributed by atoms with E-state index in [1.165, 1.54) is 30.3 Å². The highest BCUT2D eigenvalue weighted by Gasteiger charge is 2.11. The summed E-state index contributed by atoms with van der Waals surface area (Å²) >= 11 is 0. The van der Waals surface area contributed by atoms with E-state index in [-0.39, 0.29) is 12.4 Å². The number of carbonyl (C=O) groups is 1. The topological polar surface area (TPSA) is 57.0 Å². The van der Waals surface area contributed by atoms with Crippen LogP contribution in [-0.4, -0.2) is 27.8 Å². The number of carbonyl (C=O) groups excluding carboxylic acids is 1. The first-order valence-corrected chi connectivity index (χ1v) is 5.01. The van der Waals surface area contributed by atoms with Gasteiger partial charge in [0.15, 0.2) is 0 Å². The van der Waals surface area contributed by atoms with Gasteiger partial charge in [-0.1, -0.05) is 0 Å². The zero-order valence-corrected chi connectivity index (χ0v) is 9.43. The number of rotatable bonds is 3. The van der Waals surface area contributed by atoms with Crippen molar-refractivity contribution in [2.75, 3.05) is 7.11 Å². The minimum atomic E-state index is -0.668. The first kappa shape index (κ1) is 12.2. The van der Waals surface area contributed by atoms with Crippen molar-refractivity contribution >= 4 is 5.97 Å². The summed E-state index contributed by atoms with van der Waals surface area (Å²) in [7, 11) is 1.21. The van der Waals surface area contributed by atoms with Gasteiger partial charge in [-0.05, 0) is 17.7 Å². The lowest BCUT2D eigenvalue weighted by atomic mass is 10.2. The first-order chi connectivity index (χ1) is 8.58. The van der Waals surface area contributed by atoms with E-state index in [4.69, 9.17) is 0 Å². The second kappa shape index (κ2) is 4.91. The summed E-state index contributed by atoms with van der Waals surface area (Å²) in [6, 6.07) is 3.15. The van der Waals surface area contributed by atoms with E-state index < -0.39 is 17.6 Å². The molecule has 18 heavy (non-hydrogen) atoms. The normalized spacial score (nSPS) is 10.4. The third-order valence-electron chi connectivity index (χ3n) is 2.17. The fourth-order valence-electron chi connectivity index (χ4n) is 1.44. The molecular weight excluding hydrogens is 244 g/mol. The number of esters is 1. The quantitative estimate of drug-likeness (QED) is 0.776. The Hall–Kier alpha value is -2.31. The van der Waals surface area contributed by atoms with Gasteiger partial charge in [-0.15, -0.1) is 5.10 Å². The predicted octanol–water partition coefficient (Wildman–Crippen LogP) is 1.39. The summed E-state index contributed by atoms with van der Waals surface area (Å²) < 4.78 is 31.7. The summed E-state index contributed by atoms with van der Waals surface area (Å²) in [6.07, 6.45) is 1.29. The van der Waals surface area contributed by atoms with Crippen LogP contribution in [0, 0.1) is 11.6 Å². The van der Waals surface area contributed by atoms with Gasteiger partial charge in [0.25, 0.3) is 5.82 Å². The second-order valence-corrected chi connectivity index (χ2v) is 3.54. The van der Waals surface area contributed by atoms with E-state index in [0.29, 0.717) is 5.56 Å². The van der Waals surface area contributed by atoms with Crippen molar-refractivity contribution in [2.24, 2.45) is 0 Å². The van der Waals surface area contributed by atoms with E-state index in [1.807, 2.05) is 0 Å². The Balaban J connectivity index is 2.18. The standard InChI is InChI=1S/C11H9F2N3O2/c1-18-11(17)10-14-6-16(15-10)5-7-2-8(12)4-9(13)3-7/h2-4,6H,5H2,1H3. The van der Waals surface area contributed by atoms with Crippen molar-refractivity contribution in [3.05, 3.63) is 47.5 Å². The maximum absolute atomic E-state index is 13.0. The van der Waals surface area contributed by atoms with Crippen molar-refractivity contribution in [3.8, 4) is 0 Å².